The minimum Gasteiger partial charge on any atom is -0.478 e. The quantitative estimate of drug-likeness (QED) is 0.328. The van der Waals surface area contributed by atoms with Gasteiger partial charge >= 0.3 is 5.97 Å². The average Bonchev–Trinajstić information content (AvgIpc) is 3.59. The van der Waals surface area contributed by atoms with Crippen LogP contribution >= 0.6 is 11.6 Å². The molecule has 0 aliphatic carbocycles. The molecule has 204 valence electrons. The Kier molecular flexibility index (Phi) is 7.43. The van der Waals surface area contributed by atoms with Gasteiger partial charge in [-0.05, 0) is 65.4 Å². The summed E-state index contributed by atoms with van der Waals surface area (Å²) < 4.78 is 3.22. The molecule has 1 aliphatic heterocycles. The number of tetrazole rings is 1. The lowest BCUT2D eigenvalue weighted by Gasteiger charge is -2.34. The number of carbonyl (C=O) groups is 3. The summed E-state index contributed by atoms with van der Waals surface area (Å²) in [5.74, 6) is -1.87. The zero-order valence-electron chi connectivity index (χ0n) is 21.7. The summed E-state index contributed by atoms with van der Waals surface area (Å²) in [5, 5.41) is 28.3. The Morgan fingerprint density at radius 1 is 1.18 bits per heavy atom. The highest BCUT2D eigenvalue weighted by molar-refractivity contribution is 6.30. The molecular formula is C27H25ClN8O4. The van der Waals surface area contributed by atoms with E-state index in [1.807, 2.05) is 14.0 Å². The first-order chi connectivity index (χ1) is 19.3. The van der Waals surface area contributed by atoms with Crippen molar-refractivity contribution in [1.29, 1.82) is 0 Å². The van der Waals surface area contributed by atoms with Crippen molar-refractivity contribution in [3.05, 3.63) is 88.0 Å². The second-order valence-electron chi connectivity index (χ2n) is 9.13. The number of nitrogens with one attached hydrogen (secondary N) is 1. The van der Waals surface area contributed by atoms with Gasteiger partial charge in [0.05, 0.1) is 16.9 Å². The molecule has 0 radical (unpaired) electrons. The first kappa shape index (κ1) is 26.8. The number of rotatable bonds is 7. The van der Waals surface area contributed by atoms with E-state index in [4.69, 9.17) is 11.6 Å². The van der Waals surface area contributed by atoms with E-state index in [1.54, 1.807) is 29.0 Å². The number of aryl methyl sites for hydroxylation is 2. The van der Waals surface area contributed by atoms with Crippen LogP contribution in [0.4, 0.5) is 5.69 Å². The van der Waals surface area contributed by atoms with Crippen LogP contribution in [0.5, 0.6) is 0 Å². The van der Waals surface area contributed by atoms with E-state index >= 15 is 0 Å². The van der Waals surface area contributed by atoms with Crippen molar-refractivity contribution in [3.63, 3.8) is 0 Å². The van der Waals surface area contributed by atoms with Crippen LogP contribution in [0.1, 0.15) is 45.8 Å². The third-order valence-corrected chi connectivity index (χ3v) is 6.95. The maximum absolute atomic E-state index is 13.7. The Hall–Kier alpha value is -4.84. The number of hydrogen-bond donors (Lipinski definition) is 2. The number of fused-ring (bicyclic) bond motifs is 1. The lowest BCUT2D eigenvalue weighted by molar-refractivity contribution is -0.135. The van der Waals surface area contributed by atoms with Crippen molar-refractivity contribution >= 4 is 41.1 Å². The zero-order valence-corrected chi connectivity index (χ0v) is 22.4. The number of anilines is 1. The Morgan fingerprint density at radius 3 is 2.62 bits per heavy atom. The maximum atomic E-state index is 13.7. The number of nitrogens with zero attached hydrogens (tertiary/aromatic N) is 7. The number of aromatic nitrogens is 6. The molecular weight excluding hydrogens is 536 g/mol. The number of amides is 2. The molecule has 4 aromatic rings. The molecule has 0 spiro atoms. The largest absolute Gasteiger partial charge is 0.478 e. The zero-order chi connectivity index (χ0) is 28.4. The number of carboxylic acid groups (broad SMARTS) is 1. The monoisotopic (exact) mass is 560 g/mol. The number of aromatic carboxylic acids is 1. The van der Waals surface area contributed by atoms with E-state index in [2.05, 4.69) is 25.9 Å². The van der Waals surface area contributed by atoms with Crippen LogP contribution in [0.3, 0.4) is 0 Å². The van der Waals surface area contributed by atoms with Gasteiger partial charge < -0.3 is 15.3 Å². The van der Waals surface area contributed by atoms with Crippen LogP contribution in [0.25, 0.3) is 11.8 Å². The van der Waals surface area contributed by atoms with Crippen molar-refractivity contribution in [1.82, 2.24) is 34.9 Å². The highest BCUT2D eigenvalue weighted by atomic mass is 35.5. The minimum atomic E-state index is -1.07. The SMILES string of the molecule is CCc1nn(C)c2c1C(C(=O)Nc1ccc(C(=O)O)cc1)N(C(=O)/C=C/c1cc(Cl)ccc1-n1cnnn1)CC2. The molecule has 12 nitrogen and oxygen atoms in total. The van der Waals surface area contributed by atoms with Crippen molar-refractivity contribution in [3.8, 4) is 5.69 Å². The smallest absolute Gasteiger partial charge is 0.335 e. The summed E-state index contributed by atoms with van der Waals surface area (Å²) in [6.45, 7) is 2.24. The van der Waals surface area contributed by atoms with Gasteiger partial charge in [0.2, 0.25) is 5.91 Å². The van der Waals surface area contributed by atoms with Gasteiger partial charge in [0.1, 0.15) is 12.4 Å². The minimum absolute atomic E-state index is 0.0995. The van der Waals surface area contributed by atoms with Crippen LogP contribution in [0.15, 0.2) is 54.9 Å². The van der Waals surface area contributed by atoms with Crippen molar-refractivity contribution in [2.45, 2.75) is 25.8 Å². The molecule has 2 N–H and O–H groups in total. The average molecular weight is 561 g/mol. The highest BCUT2D eigenvalue weighted by Gasteiger charge is 2.39. The topological polar surface area (TPSA) is 148 Å². The number of benzene rings is 2. The summed E-state index contributed by atoms with van der Waals surface area (Å²) >= 11 is 6.22. The molecule has 0 fully saturated rings. The molecule has 40 heavy (non-hydrogen) atoms. The molecule has 1 unspecified atom stereocenters. The van der Waals surface area contributed by atoms with Gasteiger partial charge in [-0.1, -0.05) is 18.5 Å². The van der Waals surface area contributed by atoms with Gasteiger partial charge in [-0.25, -0.2) is 4.79 Å². The summed E-state index contributed by atoms with van der Waals surface area (Å²) in [6.07, 6.45) is 5.56. The second kappa shape index (κ2) is 11.1. The summed E-state index contributed by atoms with van der Waals surface area (Å²) in [5.41, 5.74) is 4.08. The molecule has 0 saturated heterocycles. The fourth-order valence-corrected chi connectivity index (χ4v) is 5.01. The van der Waals surface area contributed by atoms with Gasteiger partial charge in [-0.3, -0.25) is 14.3 Å². The third kappa shape index (κ3) is 5.21. The lowest BCUT2D eigenvalue weighted by Crippen LogP contribution is -2.45. The van der Waals surface area contributed by atoms with Crippen LogP contribution < -0.4 is 5.32 Å². The highest BCUT2D eigenvalue weighted by Crippen LogP contribution is 2.34. The van der Waals surface area contributed by atoms with Crippen LogP contribution in [-0.4, -0.2) is 64.3 Å². The van der Waals surface area contributed by atoms with Crippen molar-refractivity contribution < 1.29 is 19.5 Å². The molecule has 2 amide bonds. The third-order valence-electron chi connectivity index (χ3n) is 6.71. The van der Waals surface area contributed by atoms with E-state index in [0.29, 0.717) is 46.9 Å². The standard InChI is InChI=1S/C27H25ClN8O4/c1-3-20-24-22(34(2)31-20)12-13-35(25(24)26(38)30-19-8-4-16(5-9-19)27(39)40)23(37)11-6-17-14-18(28)7-10-21(17)36-15-29-32-33-36/h4-11,14-15,25H,3,12-13H2,1-2H3,(H,30,38)(H,39,40)/b11-6+. The van der Waals surface area contributed by atoms with Gasteiger partial charge in [-0.2, -0.15) is 9.78 Å². The molecule has 0 bridgehead atoms. The lowest BCUT2D eigenvalue weighted by atomic mass is 9.94. The van der Waals surface area contributed by atoms with Crippen LogP contribution in [-0.2, 0) is 29.5 Å². The molecule has 5 rings (SSSR count). The van der Waals surface area contributed by atoms with Gasteiger partial charge in [-0.15, -0.1) is 5.10 Å². The molecule has 2 aromatic heterocycles. The van der Waals surface area contributed by atoms with Crippen molar-refractivity contribution in [2.75, 3.05) is 11.9 Å². The first-order valence-corrected chi connectivity index (χ1v) is 12.8. The summed E-state index contributed by atoms with van der Waals surface area (Å²) in [6, 6.07) is 10.0. The van der Waals surface area contributed by atoms with E-state index in [0.717, 1.165) is 11.4 Å². The number of hydrogen-bond acceptors (Lipinski definition) is 7. The number of carboxylic acids is 1. The first-order valence-electron chi connectivity index (χ1n) is 12.5. The summed E-state index contributed by atoms with van der Waals surface area (Å²) in [7, 11) is 1.83. The Balaban J connectivity index is 1.48. The molecule has 3 heterocycles. The van der Waals surface area contributed by atoms with E-state index in [9.17, 15) is 19.5 Å². The molecule has 1 aliphatic rings. The molecule has 13 heteroatoms. The van der Waals surface area contributed by atoms with E-state index < -0.39 is 17.9 Å². The molecule has 0 saturated carbocycles. The second-order valence-corrected chi connectivity index (χ2v) is 9.57. The number of halogens is 1. The fourth-order valence-electron chi connectivity index (χ4n) is 4.83. The predicted molar refractivity (Wildman–Crippen MR) is 146 cm³/mol. The Bertz CT molecular complexity index is 1610. The normalized spacial score (nSPS) is 14.8. The van der Waals surface area contributed by atoms with Crippen molar-refractivity contribution in [2.24, 2.45) is 7.05 Å². The molecule has 2 aromatic carbocycles. The summed E-state index contributed by atoms with van der Waals surface area (Å²) in [4.78, 5) is 40.1. The van der Waals surface area contributed by atoms with E-state index in [1.165, 1.54) is 46.3 Å². The number of carbonyl (C=O) groups excluding carboxylic acids is 2. The maximum Gasteiger partial charge on any atom is 0.335 e. The van der Waals surface area contributed by atoms with Crippen LogP contribution in [0, 0.1) is 0 Å². The van der Waals surface area contributed by atoms with E-state index in [-0.39, 0.29) is 11.5 Å². The van der Waals surface area contributed by atoms with Gasteiger partial charge in [0.15, 0.2) is 0 Å². The van der Waals surface area contributed by atoms with Gasteiger partial charge in [0, 0.05) is 53.6 Å². The Morgan fingerprint density at radius 2 is 1.95 bits per heavy atom. The fraction of sp³-hybridized carbons (Fsp3) is 0.222. The van der Waals surface area contributed by atoms with Crippen LogP contribution in [0.2, 0.25) is 5.02 Å². The molecule has 1 atom stereocenters. The van der Waals surface area contributed by atoms with Gasteiger partial charge in [0.25, 0.3) is 5.91 Å². The Labute approximate surface area is 233 Å². The predicted octanol–water partition coefficient (Wildman–Crippen LogP) is 3.09.